The SMILES string of the molecule is CCCc1nc2c(-c3cc(-c4ccc(C(=O)N5CCCCC5)cc4Cl)cs3)ccnc2[nH]1. The molecule has 0 spiro atoms. The summed E-state index contributed by atoms with van der Waals surface area (Å²) in [5.41, 5.74) is 5.42. The van der Waals surface area contributed by atoms with Gasteiger partial charge in [0.25, 0.3) is 5.91 Å². The molecule has 5 rings (SSSR count). The van der Waals surface area contributed by atoms with Crippen molar-refractivity contribution in [3.8, 4) is 21.6 Å². The highest BCUT2D eigenvalue weighted by Crippen LogP contribution is 2.38. The summed E-state index contributed by atoms with van der Waals surface area (Å²) in [6.07, 6.45) is 7.11. The van der Waals surface area contributed by atoms with Gasteiger partial charge >= 0.3 is 0 Å². The molecule has 1 aliphatic heterocycles. The number of thiophene rings is 1. The Hall–Kier alpha value is -2.70. The van der Waals surface area contributed by atoms with E-state index in [4.69, 9.17) is 16.6 Å². The molecule has 0 unspecified atom stereocenters. The highest BCUT2D eigenvalue weighted by molar-refractivity contribution is 7.14. The number of halogens is 1. The largest absolute Gasteiger partial charge is 0.339 e. The summed E-state index contributed by atoms with van der Waals surface area (Å²) in [6, 6.07) is 9.81. The zero-order chi connectivity index (χ0) is 22.1. The number of H-pyrrole nitrogens is 1. The van der Waals surface area contributed by atoms with Crippen LogP contribution in [0.25, 0.3) is 32.7 Å². The number of aryl methyl sites for hydroxylation is 1. The van der Waals surface area contributed by atoms with E-state index in [1.807, 2.05) is 29.3 Å². The number of aromatic amines is 1. The van der Waals surface area contributed by atoms with Gasteiger partial charge in [-0.25, -0.2) is 9.97 Å². The maximum absolute atomic E-state index is 12.8. The molecule has 0 radical (unpaired) electrons. The molecule has 32 heavy (non-hydrogen) atoms. The van der Waals surface area contributed by atoms with E-state index in [2.05, 4.69) is 28.3 Å². The summed E-state index contributed by atoms with van der Waals surface area (Å²) < 4.78 is 0. The van der Waals surface area contributed by atoms with Crippen molar-refractivity contribution in [2.75, 3.05) is 13.1 Å². The maximum atomic E-state index is 12.8. The monoisotopic (exact) mass is 464 g/mol. The minimum atomic E-state index is 0.0738. The van der Waals surface area contributed by atoms with Crippen LogP contribution in [0.5, 0.6) is 0 Å². The van der Waals surface area contributed by atoms with Gasteiger partial charge in [-0.1, -0.05) is 24.6 Å². The van der Waals surface area contributed by atoms with Crippen LogP contribution in [-0.2, 0) is 6.42 Å². The van der Waals surface area contributed by atoms with E-state index in [1.54, 1.807) is 17.4 Å². The fourth-order valence-corrected chi connectivity index (χ4v) is 5.52. The van der Waals surface area contributed by atoms with E-state index < -0.39 is 0 Å². The third-order valence-electron chi connectivity index (χ3n) is 5.96. The van der Waals surface area contributed by atoms with Gasteiger partial charge in [0.05, 0.1) is 0 Å². The first-order valence-corrected chi connectivity index (χ1v) is 12.4. The van der Waals surface area contributed by atoms with Crippen molar-refractivity contribution in [1.29, 1.82) is 0 Å². The summed E-state index contributed by atoms with van der Waals surface area (Å²) in [4.78, 5) is 28.4. The van der Waals surface area contributed by atoms with E-state index >= 15 is 0 Å². The van der Waals surface area contributed by atoms with Crippen LogP contribution in [-0.4, -0.2) is 38.8 Å². The summed E-state index contributed by atoms with van der Waals surface area (Å²) in [5.74, 6) is 1.04. The van der Waals surface area contributed by atoms with E-state index in [9.17, 15) is 4.79 Å². The Kier molecular flexibility index (Phi) is 5.98. The number of carbonyl (C=O) groups excluding carboxylic acids is 1. The zero-order valence-corrected chi connectivity index (χ0v) is 19.6. The topological polar surface area (TPSA) is 61.9 Å². The van der Waals surface area contributed by atoms with Crippen LogP contribution >= 0.6 is 22.9 Å². The van der Waals surface area contributed by atoms with Gasteiger partial charge in [0.2, 0.25) is 0 Å². The minimum Gasteiger partial charge on any atom is -0.339 e. The summed E-state index contributed by atoms with van der Waals surface area (Å²) >= 11 is 8.30. The number of carbonyl (C=O) groups is 1. The number of hydrogen-bond donors (Lipinski definition) is 1. The minimum absolute atomic E-state index is 0.0738. The number of piperidine rings is 1. The number of hydrogen-bond acceptors (Lipinski definition) is 4. The first-order chi connectivity index (χ1) is 15.6. The van der Waals surface area contributed by atoms with Crippen molar-refractivity contribution in [1.82, 2.24) is 19.9 Å². The number of benzene rings is 1. The smallest absolute Gasteiger partial charge is 0.253 e. The van der Waals surface area contributed by atoms with Crippen LogP contribution in [0.15, 0.2) is 41.9 Å². The number of amides is 1. The molecule has 5 nitrogen and oxygen atoms in total. The quantitative estimate of drug-likeness (QED) is 0.362. The van der Waals surface area contributed by atoms with Gasteiger partial charge in [0, 0.05) is 52.3 Å². The Balaban J connectivity index is 1.44. The lowest BCUT2D eigenvalue weighted by Gasteiger charge is -2.26. The fourth-order valence-electron chi connectivity index (χ4n) is 4.29. The molecule has 1 saturated heterocycles. The Morgan fingerprint density at radius 1 is 1.16 bits per heavy atom. The van der Waals surface area contributed by atoms with Gasteiger partial charge in [-0.3, -0.25) is 4.79 Å². The number of likely N-dealkylation sites (tertiary alicyclic amines) is 1. The Morgan fingerprint density at radius 2 is 2.00 bits per heavy atom. The van der Waals surface area contributed by atoms with Crippen molar-refractivity contribution in [3.63, 3.8) is 0 Å². The lowest BCUT2D eigenvalue weighted by Crippen LogP contribution is -2.35. The molecule has 1 fully saturated rings. The molecular weight excluding hydrogens is 440 g/mol. The Bertz CT molecular complexity index is 1270. The number of nitrogens with one attached hydrogen (secondary N) is 1. The Labute approximate surface area is 196 Å². The number of nitrogens with zero attached hydrogens (tertiary/aromatic N) is 3. The van der Waals surface area contributed by atoms with E-state index in [1.165, 1.54) is 6.42 Å². The van der Waals surface area contributed by atoms with Gasteiger partial charge in [-0.15, -0.1) is 11.3 Å². The molecule has 0 saturated carbocycles. The van der Waals surface area contributed by atoms with Gasteiger partial charge in [-0.2, -0.15) is 0 Å². The molecule has 0 aliphatic carbocycles. The van der Waals surface area contributed by atoms with Crippen LogP contribution in [0.1, 0.15) is 48.8 Å². The molecule has 1 aliphatic rings. The third-order valence-corrected chi connectivity index (χ3v) is 7.23. The van der Waals surface area contributed by atoms with E-state index in [0.29, 0.717) is 10.6 Å². The normalized spacial score (nSPS) is 14.2. The van der Waals surface area contributed by atoms with Crippen molar-refractivity contribution >= 4 is 40.0 Å². The molecular formula is C25H25ClN4OS. The number of fused-ring (bicyclic) bond motifs is 1. The van der Waals surface area contributed by atoms with Crippen molar-refractivity contribution in [3.05, 3.63) is 58.3 Å². The molecule has 0 atom stereocenters. The maximum Gasteiger partial charge on any atom is 0.253 e. The lowest BCUT2D eigenvalue weighted by atomic mass is 10.0. The average molecular weight is 465 g/mol. The molecule has 164 valence electrons. The Morgan fingerprint density at radius 3 is 2.78 bits per heavy atom. The number of imidazole rings is 1. The van der Waals surface area contributed by atoms with Crippen LogP contribution in [0.3, 0.4) is 0 Å². The van der Waals surface area contributed by atoms with Crippen molar-refractivity contribution in [2.45, 2.75) is 39.0 Å². The zero-order valence-electron chi connectivity index (χ0n) is 18.0. The van der Waals surface area contributed by atoms with Crippen LogP contribution in [0.4, 0.5) is 0 Å². The van der Waals surface area contributed by atoms with Crippen molar-refractivity contribution < 1.29 is 4.79 Å². The van der Waals surface area contributed by atoms with Crippen LogP contribution in [0.2, 0.25) is 5.02 Å². The molecule has 1 N–H and O–H groups in total. The first-order valence-electron chi connectivity index (χ1n) is 11.2. The second-order valence-corrected chi connectivity index (χ2v) is 9.55. The standard InChI is InChI=1S/C25H25ClN4OS/c1-2-6-22-28-23-19(9-10-27-24(23)29-22)21-14-17(15-32-21)18-8-7-16(13-20(18)26)25(31)30-11-4-3-5-12-30/h7-10,13-15H,2-6,11-12H2,1H3,(H,27,28,29). The van der Waals surface area contributed by atoms with E-state index in [-0.39, 0.29) is 5.91 Å². The summed E-state index contributed by atoms with van der Waals surface area (Å²) in [5, 5.41) is 2.70. The third kappa shape index (κ3) is 4.05. The first kappa shape index (κ1) is 21.2. The molecule has 4 heterocycles. The molecule has 1 aromatic carbocycles. The number of rotatable bonds is 5. The number of aromatic nitrogens is 3. The predicted octanol–water partition coefficient (Wildman–Crippen LogP) is 6.59. The average Bonchev–Trinajstić information content (AvgIpc) is 3.46. The molecule has 4 aromatic rings. The lowest BCUT2D eigenvalue weighted by molar-refractivity contribution is 0.0724. The number of pyridine rings is 1. The van der Waals surface area contributed by atoms with Crippen LogP contribution < -0.4 is 0 Å². The van der Waals surface area contributed by atoms with Crippen molar-refractivity contribution in [2.24, 2.45) is 0 Å². The molecule has 1 amide bonds. The van der Waals surface area contributed by atoms with Gasteiger partial charge in [-0.05, 0) is 60.9 Å². The highest BCUT2D eigenvalue weighted by atomic mass is 35.5. The molecule has 0 bridgehead atoms. The van der Waals surface area contributed by atoms with Gasteiger partial charge in [0.15, 0.2) is 5.65 Å². The fraction of sp³-hybridized carbons (Fsp3) is 0.320. The second kappa shape index (κ2) is 9.04. The molecule has 7 heteroatoms. The van der Waals surface area contributed by atoms with Gasteiger partial charge < -0.3 is 9.88 Å². The van der Waals surface area contributed by atoms with Gasteiger partial charge in [0.1, 0.15) is 11.3 Å². The van der Waals surface area contributed by atoms with E-state index in [0.717, 1.165) is 77.3 Å². The summed E-state index contributed by atoms with van der Waals surface area (Å²) in [7, 11) is 0. The van der Waals surface area contributed by atoms with Crippen LogP contribution in [0, 0.1) is 0 Å². The predicted molar refractivity (Wildman–Crippen MR) is 131 cm³/mol. The second-order valence-electron chi connectivity index (χ2n) is 8.24. The molecule has 3 aromatic heterocycles. The summed E-state index contributed by atoms with van der Waals surface area (Å²) in [6.45, 7) is 3.81. The highest BCUT2D eigenvalue weighted by Gasteiger charge is 2.20.